The summed E-state index contributed by atoms with van der Waals surface area (Å²) < 4.78 is 5.28. The molecule has 160 valence electrons. The Morgan fingerprint density at radius 2 is 1.19 bits per heavy atom. The van der Waals surface area contributed by atoms with E-state index in [1.54, 1.807) is 12.1 Å². The molecular formula is C27H28O4. The number of ether oxygens (including phenoxy) is 1. The molecule has 3 rings (SSSR count). The van der Waals surface area contributed by atoms with Crippen molar-refractivity contribution in [3.05, 3.63) is 107 Å². The molecule has 0 saturated heterocycles. The lowest BCUT2D eigenvalue weighted by atomic mass is 9.87. The molecule has 0 heterocycles. The second kappa shape index (κ2) is 11.7. The van der Waals surface area contributed by atoms with Crippen LogP contribution in [0.5, 0.6) is 0 Å². The number of carboxylic acid groups (broad SMARTS) is 1. The maximum Gasteiger partial charge on any atom is 0.339 e. The Labute approximate surface area is 183 Å². The monoisotopic (exact) mass is 416 g/mol. The van der Waals surface area contributed by atoms with Gasteiger partial charge in [-0.1, -0.05) is 92.1 Å². The molecule has 0 saturated carbocycles. The van der Waals surface area contributed by atoms with Crippen LogP contribution in [0.4, 0.5) is 0 Å². The van der Waals surface area contributed by atoms with Gasteiger partial charge in [0.1, 0.15) is 0 Å². The molecule has 1 N–H and O–H groups in total. The molecule has 0 atom stereocenters. The van der Waals surface area contributed by atoms with Crippen LogP contribution < -0.4 is 0 Å². The van der Waals surface area contributed by atoms with Crippen LogP contribution >= 0.6 is 0 Å². The van der Waals surface area contributed by atoms with E-state index in [-0.39, 0.29) is 11.1 Å². The van der Waals surface area contributed by atoms with Crippen molar-refractivity contribution in [3.63, 3.8) is 0 Å². The highest BCUT2D eigenvalue weighted by molar-refractivity contribution is 6.02. The van der Waals surface area contributed by atoms with Crippen molar-refractivity contribution in [2.75, 3.05) is 6.61 Å². The van der Waals surface area contributed by atoms with E-state index in [2.05, 4.69) is 48.5 Å². The first-order valence-corrected chi connectivity index (χ1v) is 10.8. The molecule has 3 aromatic carbocycles. The second-order valence-corrected chi connectivity index (χ2v) is 7.56. The fourth-order valence-electron chi connectivity index (χ4n) is 3.79. The van der Waals surface area contributed by atoms with Gasteiger partial charge in [0.2, 0.25) is 0 Å². The SMILES string of the molecule is O=C(O)c1ccccc1C(=O)OCCCCCCC(c1ccccc1)c1ccccc1. The number of rotatable bonds is 11. The van der Waals surface area contributed by atoms with Crippen molar-refractivity contribution in [1.29, 1.82) is 0 Å². The number of carboxylic acids is 1. The van der Waals surface area contributed by atoms with Crippen LogP contribution in [0.15, 0.2) is 84.9 Å². The van der Waals surface area contributed by atoms with Gasteiger partial charge >= 0.3 is 11.9 Å². The predicted octanol–water partition coefficient (Wildman–Crippen LogP) is 6.32. The number of hydrogen-bond donors (Lipinski definition) is 1. The van der Waals surface area contributed by atoms with Gasteiger partial charge < -0.3 is 9.84 Å². The minimum absolute atomic E-state index is 0.0274. The Hall–Kier alpha value is -3.40. The molecule has 0 aliphatic heterocycles. The summed E-state index contributed by atoms with van der Waals surface area (Å²) in [6, 6.07) is 27.3. The van der Waals surface area contributed by atoms with Gasteiger partial charge in [0.15, 0.2) is 0 Å². The van der Waals surface area contributed by atoms with E-state index in [1.165, 1.54) is 23.3 Å². The molecular weight excluding hydrogens is 388 g/mol. The summed E-state index contributed by atoms with van der Waals surface area (Å²) >= 11 is 0. The van der Waals surface area contributed by atoms with E-state index in [4.69, 9.17) is 4.74 Å². The third-order valence-corrected chi connectivity index (χ3v) is 5.40. The first kappa shape index (κ1) is 22.3. The predicted molar refractivity (Wildman–Crippen MR) is 121 cm³/mol. The van der Waals surface area contributed by atoms with Gasteiger partial charge in [0.05, 0.1) is 17.7 Å². The molecule has 0 aliphatic rings. The number of aromatic carboxylic acids is 1. The molecule has 0 aromatic heterocycles. The van der Waals surface area contributed by atoms with Crippen molar-refractivity contribution < 1.29 is 19.4 Å². The molecule has 0 aliphatic carbocycles. The van der Waals surface area contributed by atoms with E-state index in [1.807, 2.05) is 12.1 Å². The van der Waals surface area contributed by atoms with Gasteiger partial charge in [0.25, 0.3) is 0 Å². The summed E-state index contributed by atoms with van der Waals surface area (Å²) in [7, 11) is 0. The van der Waals surface area contributed by atoms with E-state index in [0.717, 1.165) is 32.1 Å². The molecule has 0 radical (unpaired) electrons. The molecule has 0 spiro atoms. The van der Waals surface area contributed by atoms with E-state index >= 15 is 0 Å². The second-order valence-electron chi connectivity index (χ2n) is 7.56. The van der Waals surface area contributed by atoms with Gasteiger partial charge in [0, 0.05) is 5.92 Å². The molecule has 4 heteroatoms. The minimum atomic E-state index is -1.13. The fourth-order valence-corrected chi connectivity index (χ4v) is 3.79. The molecule has 4 nitrogen and oxygen atoms in total. The summed E-state index contributed by atoms with van der Waals surface area (Å²) in [5.41, 5.74) is 2.74. The average Bonchev–Trinajstić information content (AvgIpc) is 2.82. The summed E-state index contributed by atoms with van der Waals surface area (Å²) in [4.78, 5) is 23.4. The number of benzene rings is 3. The van der Waals surface area contributed by atoms with Gasteiger partial charge in [-0.05, 0) is 36.1 Å². The van der Waals surface area contributed by atoms with Gasteiger partial charge in [-0.25, -0.2) is 9.59 Å². The molecule has 31 heavy (non-hydrogen) atoms. The maximum absolute atomic E-state index is 12.2. The first-order valence-electron chi connectivity index (χ1n) is 10.8. The normalized spacial score (nSPS) is 10.7. The Balaban J connectivity index is 1.42. The van der Waals surface area contributed by atoms with E-state index in [0.29, 0.717) is 12.5 Å². The number of carbonyl (C=O) groups is 2. The quantitative estimate of drug-likeness (QED) is 0.293. The molecule has 3 aromatic rings. The summed E-state index contributed by atoms with van der Waals surface area (Å²) in [6.45, 7) is 0.299. The lowest BCUT2D eigenvalue weighted by Crippen LogP contribution is -2.12. The van der Waals surface area contributed by atoms with Crippen LogP contribution in [0, 0.1) is 0 Å². The van der Waals surface area contributed by atoms with E-state index in [9.17, 15) is 14.7 Å². The van der Waals surface area contributed by atoms with E-state index < -0.39 is 11.9 Å². The maximum atomic E-state index is 12.2. The smallest absolute Gasteiger partial charge is 0.339 e. The fraction of sp³-hybridized carbons (Fsp3) is 0.259. The van der Waals surface area contributed by atoms with Gasteiger partial charge in [-0.2, -0.15) is 0 Å². The van der Waals surface area contributed by atoms with Gasteiger partial charge in [-0.15, -0.1) is 0 Å². The van der Waals surface area contributed by atoms with Crippen LogP contribution in [0.2, 0.25) is 0 Å². The van der Waals surface area contributed by atoms with Crippen molar-refractivity contribution >= 4 is 11.9 Å². The highest BCUT2D eigenvalue weighted by Gasteiger charge is 2.17. The topological polar surface area (TPSA) is 63.6 Å². The number of esters is 1. The third kappa shape index (κ3) is 6.54. The van der Waals surface area contributed by atoms with Crippen LogP contribution in [0.3, 0.4) is 0 Å². The number of unbranched alkanes of at least 4 members (excludes halogenated alkanes) is 3. The Bertz CT molecular complexity index is 927. The Morgan fingerprint density at radius 3 is 1.77 bits per heavy atom. The molecule has 0 bridgehead atoms. The summed E-state index contributed by atoms with van der Waals surface area (Å²) in [5, 5.41) is 9.18. The highest BCUT2D eigenvalue weighted by Crippen LogP contribution is 2.29. The van der Waals surface area contributed by atoms with Crippen LogP contribution in [-0.4, -0.2) is 23.7 Å². The van der Waals surface area contributed by atoms with Crippen molar-refractivity contribution in [2.45, 2.75) is 38.0 Å². The lowest BCUT2D eigenvalue weighted by molar-refractivity contribution is 0.0487. The molecule has 0 unspecified atom stereocenters. The van der Waals surface area contributed by atoms with Crippen LogP contribution in [-0.2, 0) is 4.74 Å². The van der Waals surface area contributed by atoms with Crippen LogP contribution in [0.1, 0.15) is 69.9 Å². The minimum Gasteiger partial charge on any atom is -0.478 e. The third-order valence-electron chi connectivity index (χ3n) is 5.40. The zero-order valence-corrected chi connectivity index (χ0v) is 17.6. The molecule has 0 amide bonds. The highest BCUT2D eigenvalue weighted by atomic mass is 16.5. The summed E-state index contributed by atoms with van der Waals surface area (Å²) in [6.07, 6.45) is 4.94. The summed E-state index contributed by atoms with van der Waals surface area (Å²) in [5.74, 6) is -1.32. The number of carbonyl (C=O) groups excluding carboxylic acids is 1. The standard InChI is InChI=1S/C27H28O4/c28-26(29)24-18-10-11-19-25(24)27(30)31-20-12-2-1-9-17-23(21-13-5-3-6-14-21)22-15-7-4-8-16-22/h3-8,10-11,13-16,18-19,23H,1-2,9,12,17,20H2,(H,28,29). The van der Waals surface area contributed by atoms with Crippen molar-refractivity contribution in [3.8, 4) is 0 Å². The zero-order valence-electron chi connectivity index (χ0n) is 17.6. The van der Waals surface area contributed by atoms with Crippen molar-refractivity contribution in [1.82, 2.24) is 0 Å². The zero-order chi connectivity index (χ0) is 21.9. The Morgan fingerprint density at radius 1 is 0.677 bits per heavy atom. The lowest BCUT2D eigenvalue weighted by Gasteiger charge is -2.18. The van der Waals surface area contributed by atoms with Gasteiger partial charge in [-0.3, -0.25) is 0 Å². The molecule has 0 fully saturated rings. The first-order chi connectivity index (χ1) is 15.2. The largest absolute Gasteiger partial charge is 0.478 e. The Kier molecular flexibility index (Phi) is 8.41. The number of hydrogen-bond acceptors (Lipinski definition) is 3. The average molecular weight is 417 g/mol. The van der Waals surface area contributed by atoms with Crippen molar-refractivity contribution in [2.24, 2.45) is 0 Å². The van der Waals surface area contributed by atoms with Crippen LogP contribution in [0.25, 0.3) is 0 Å².